The summed E-state index contributed by atoms with van der Waals surface area (Å²) >= 11 is 0. The van der Waals surface area contributed by atoms with Crippen molar-refractivity contribution in [2.45, 2.75) is 18.4 Å². The molecule has 1 saturated heterocycles. The Kier molecular flexibility index (Phi) is 3.36. The van der Waals surface area contributed by atoms with E-state index in [1.54, 1.807) is 0 Å². The summed E-state index contributed by atoms with van der Waals surface area (Å²) in [6, 6.07) is 18.5. The monoisotopic (exact) mass is 254 g/mol. The lowest BCUT2D eigenvalue weighted by Crippen LogP contribution is -2.33. The lowest BCUT2D eigenvalue weighted by atomic mass is 9.86. The van der Waals surface area contributed by atoms with Crippen LogP contribution < -0.4 is 0 Å². The molecule has 0 saturated carbocycles. The Morgan fingerprint density at radius 1 is 0.789 bits per heavy atom. The molecule has 0 unspecified atom stereocenters. The first-order chi connectivity index (χ1) is 9.28. The molecule has 1 fully saturated rings. The van der Waals surface area contributed by atoms with E-state index in [9.17, 15) is 5.11 Å². The molecular weight excluding hydrogens is 236 g/mol. The smallest absolute Gasteiger partial charge is 0.0940 e. The van der Waals surface area contributed by atoms with Gasteiger partial charge >= 0.3 is 0 Å². The van der Waals surface area contributed by atoms with Crippen LogP contribution in [-0.2, 0) is 10.3 Å². The van der Waals surface area contributed by atoms with Gasteiger partial charge < -0.3 is 9.84 Å². The van der Waals surface area contributed by atoms with E-state index >= 15 is 0 Å². The van der Waals surface area contributed by atoms with Gasteiger partial charge in [0, 0.05) is 26.1 Å². The molecular formula is C17H18O2. The second-order valence-corrected chi connectivity index (χ2v) is 5.09. The topological polar surface area (TPSA) is 29.5 Å². The van der Waals surface area contributed by atoms with E-state index in [2.05, 4.69) is 24.3 Å². The number of hydrogen-bond donors (Lipinski definition) is 1. The van der Waals surface area contributed by atoms with E-state index in [4.69, 9.17) is 4.74 Å². The third-order valence-corrected chi connectivity index (χ3v) is 3.85. The second-order valence-electron chi connectivity index (χ2n) is 5.09. The van der Waals surface area contributed by atoms with Crippen LogP contribution in [0.3, 0.4) is 0 Å². The van der Waals surface area contributed by atoms with Gasteiger partial charge in [-0.15, -0.1) is 0 Å². The summed E-state index contributed by atoms with van der Waals surface area (Å²) in [6.45, 7) is 1.27. The molecule has 2 heteroatoms. The van der Waals surface area contributed by atoms with Gasteiger partial charge in [-0.05, 0) is 16.7 Å². The predicted molar refractivity (Wildman–Crippen MR) is 75.8 cm³/mol. The van der Waals surface area contributed by atoms with Gasteiger partial charge in [-0.1, -0.05) is 54.6 Å². The van der Waals surface area contributed by atoms with E-state index < -0.39 is 5.60 Å². The fourth-order valence-electron chi connectivity index (χ4n) is 2.60. The van der Waals surface area contributed by atoms with Gasteiger partial charge in [0.1, 0.15) is 0 Å². The van der Waals surface area contributed by atoms with Crippen LogP contribution in [0.1, 0.15) is 18.4 Å². The average molecular weight is 254 g/mol. The Morgan fingerprint density at radius 3 is 2.00 bits per heavy atom. The van der Waals surface area contributed by atoms with Crippen molar-refractivity contribution in [2.75, 3.05) is 13.2 Å². The molecule has 0 aliphatic carbocycles. The molecule has 0 atom stereocenters. The quantitative estimate of drug-likeness (QED) is 0.890. The normalized spacial score (nSPS) is 18.2. The van der Waals surface area contributed by atoms with Crippen LogP contribution in [0.4, 0.5) is 0 Å². The van der Waals surface area contributed by atoms with Crippen molar-refractivity contribution in [3.63, 3.8) is 0 Å². The van der Waals surface area contributed by atoms with Crippen molar-refractivity contribution in [3.8, 4) is 11.1 Å². The zero-order valence-electron chi connectivity index (χ0n) is 10.9. The molecule has 1 heterocycles. The molecule has 98 valence electrons. The minimum absolute atomic E-state index is 0.636. The minimum Gasteiger partial charge on any atom is -0.385 e. The van der Waals surface area contributed by atoms with Crippen LogP contribution in [0, 0.1) is 0 Å². The predicted octanol–water partition coefficient (Wildman–Crippen LogP) is 3.35. The van der Waals surface area contributed by atoms with Crippen molar-refractivity contribution >= 4 is 0 Å². The number of aliphatic hydroxyl groups is 1. The van der Waals surface area contributed by atoms with Gasteiger partial charge in [-0.25, -0.2) is 0 Å². The molecule has 0 bridgehead atoms. The maximum atomic E-state index is 10.6. The highest BCUT2D eigenvalue weighted by atomic mass is 16.5. The number of hydrogen-bond acceptors (Lipinski definition) is 2. The van der Waals surface area contributed by atoms with Crippen LogP contribution in [0.5, 0.6) is 0 Å². The molecule has 2 nitrogen and oxygen atoms in total. The third-order valence-electron chi connectivity index (χ3n) is 3.85. The number of ether oxygens (including phenoxy) is 1. The summed E-state index contributed by atoms with van der Waals surface area (Å²) in [5, 5.41) is 10.6. The highest BCUT2D eigenvalue weighted by Crippen LogP contribution is 2.33. The molecule has 1 aliphatic heterocycles. The maximum absolute atomic E-state index is 10.6. The molecule has 3 rings (SSSR count). The van der Waals surface area contributed by atoms with E-state index in [0.717, 1.165) is 5.56 Å². The molecule has 1 aliphatic rings. The zero-order chi connectivity index (χ0) is 13.1. The number of rotatable bonds is 2. The molecule has 2 aromatic carbocycles. The summed E-state index contributed by atoms with van der Waals surface area (Å²) in [7, 11) is 0. The van der Waals surface area contributed by atoms with E-state index in [-0.39, 0.29) is 0 Å². The van der Waals surface area contributed by atoms with E-state index in [0.29, 0.717) is 26.1 Å². The van der Waals surface area contributed by atoms with E-state index in [1.807, 2.05) is 30.3 Å². The van der Waals surface area contributed by atoms with Gasteiger partial charge in [0.15, 0.2) is 0 Å². The lowest BCUT2D eigenvalue weighted by Gasteiger charge is -2.32. The van der Waals surface area contributed by atoms with Crippen molar-refractivity contribution in [1.82, 2.24) is 0 Å². The summed E-state index contributed by atoms with van der Waals surface area (Å²) in [4.78, 5) is 0. The first kappa shape index (κ1) is 12.4. The Balaban J connectivity index is 1.87. The van der Waals surface area contributed by atoms with Gasteiger partial charge in [-0.2, -0.15) is 0 Å². The fourth-order valence-corrected chi connectivity index (χ4v) is 2.60. The Bertz CT molecular complexity index is 525. The summed E-state index contributed by atoms with van der Waals surface area (Å²) in [5.41, 5.74) is 2.66. The molecule has 1 N–H and O–H groups in total. The highest BCUT2D eigenvalue weighted by Gasteiger charge is 2.31. The van der Waals surface area contributed by atoms with Crippen LogP contribution in [0.25, 0.3) is 11.1 Å². The summed E-state index contributed by atoms with van der Waals surface area (Å²) in [5.74, 6) is 0. The molecule has 0 radical (unpaired) electrons. The third kappa shape index (κ3) is 2.55. The zero-order valence-corrected chi connectivity index (χ0v) is 10.9. The van der Waals surface area contributed by atoms with Gasteiger partial charge in [0.05, 0.1) is 5.60 Å². The fraction of sp³-hybridized carbons (Fsp3) is 0.294. The molecule has 19 heavy (non-hydrogen) atoms. The minimum atomic E-state index is -0.715. The first-order valence-electron chi connectivity index (χ1n) is 6.74. The maximum Gasteiger partial charge on any atom is 0.0940 e. The van der Waals surface area contributed by atoms with Crippen molar-refractivity contribution in [3.05, 3.63) is 60.2 Å². The highest BCUT2D eigenvalue weighted by molar-refractivity contribution is 5.63. The van der Waals surface area contributed by atoms with Gasteiger partial charge in [-0.3, -0.25) is 0 Å². The molecule has 2 aromatic rings. The molecule has 0 amide bonds. The summed E-state index contributed by atoms with van der Waals surface area (Å²) < 4.78 is 5.32. The van der Waals surface area contributed by atoms with Crippen LogP contribution >= 0.6 is 0 Å². The van der Waals surface area contributed by atoms with Crippen molar-refractivity contribution < 1.29 is 9.84 Å². The van der Waals surface area contributed by atoms with Gasteiger partial charge in [0.2, 0.25) is 0 Å². The lowest BCUT2D eigenvalue weighted by molar-refractivity contribution is -0.0679. The van der Waals surface area contributed by atoms with Crippen LogP contribution in [-0.4, -0.2) is 18.3 Å². The van der Waals surface area contributed by atoms with Gasteiger partial charge in [0.25, 0.3) is 0 Å². The average Bonchev–Trinajstić information content (AvgIpc) is 2.49. The van der Waals surface area contributed by atoms with Crippen molar-refractivity contribution in [2.24, 2.45) is 0 Å². The molecule has 0 aromatic heterocycles. The Labute approximate surface area is 113 Å². The standard InChI is InChI=1S/C17H18O2/c18-17(10-12-19-13-11-17)16-8-6-15(7-9-16)14-4-2-1-3-5-14/h1-9,18H,10-13H2. The SMILES string of the molecule is OC1(c2ccc(-c3ccccc3)cc2)CCOCC1. The van der Waals surface area contributed by atoms with Crippen LogP contribution in [0.2, 0.25) is 0 Å². The van der Waals surface area contributed by atoms with E-state index in [1.165, 1.54) is 11.1 Å². The van der Waals surface area contributed by atoms with Crippen molar-refractivity contribution in [1.29, 1.82) is 0 Å². The largest absolute Gasteiger partial charge is 0.385 e. The first-order valence-corrected chi connectivity index (χ1v) is 6.74. The Morgan fingerprint density at radius 2 is 1.37 bits per heavy atom. The second kappa shape index (κ2) is 5.16. The Hall–Kier alpha value is -1.64. The summed E-state index contributed by atoms with van der Waals surface area (Å²) in [6.07, 6.45) is 1.36. The molecule has 0 spiro atoms. The van der Waals surface area contributed by atoms with Crippen LogP contribution in [0.15, 0.2) is 54.6 Å². The number of benzene rings is 2.